The fraction of sp³-hybridized carbons (Fsp3) is 0.606. The lowest BCUT2D eigenvalue weighted by Crippen LogP contribution is -2.52. The minimum atomic E-state index is -0.200. The second-order valence-electron chi connectivity index (χ2n) is 11.6. The van der Waals surface area contributed by atoms with Gasteiger partial charge >= 0.3 is 0 Å². The van der Waals surface area contributed by atoms with E-state index in [0.717, 1.165) is 73.8 Å². The first-order valence-corrected chi connectivity index (χ1v) is 15.4. The Morgan fingerprint density at radius 3 is 2.60 bits per heavy atom. The average Bonchev–Trinajstić information content (AvgIpc) is 3.03. The molecule has 2 fully saturated rings. The van der Waals surface area contributed by atoms with Crippen LogP contribution in [0.2, 0.25) is 0 Å². The molecule has 1 amide bonds. The number of carbonyl (C=O) groups excluding carboxylic acids is 1. The number of likely N-dealkylation sites (tertiary alicyclic amines) is 1. The quantitative estimate of drug-likeness (QED) is 0.377. The van der Waals surface area contributed by atoms with Gasteiger partial charge in [-0.15, -0.1) is 0 Å². The third-order valence-corrected chi connectivity index (χ3v) is 8.76. The molecule has 0 aliphatic carbocycles. The van der Waals surface area contributed by atoms with E-state index in [2.05, 4.69) is 47.5 Å². The van der Waals surface area contributed by atoms with Gasteiger partial charge in [0.25, 0.3) is 0 Å². The molecule has 3 aliphatic rings. The summed E-state index contributed by atoms with van der Waals surface area (Å²) in [6.45, 7) is 8.07. The Hall–Kier alpha value is -2.85. The van der Waals surface area contributed by atoms with Gasteiger partial charge in [0.1, 0.15) is 24.7 Å². The van der Waals surface area contributed by atoms with Crippen molar-refractivity contribution in [3.8, 4) is 11.5 Å². The summed E-state index contributed by atoms with van der Waals surface area (Å²) in [6, 6.07) is 14.7. The lowest BCUT2D eigenvalue weighted by molar-refractivity contribution is -0.144. The molecule has 1 N–H and O–H groups in total. The Balaban J connectivity index is 1.29. The van der Waals surface area contributed by atoms with Gasteiger partial charge < -0.3 is 38.8 Å². The number of benzene rings is 2. The largest absolute Gasteiger partial charge is 0.497 e. The number of methoxy groups -OCH3 is 2. The number of piperidine rings is 2. The molecule has 2 saturated heterocycles. The van der Waals surface area contributed by atoms with Gasteiger partial charge in [-0.1, -0.05) is 18.2 Å². The third kappa shape index (κ3) is 7.56. The molecule has 0 bridgehead atoms. The van der Waals surface area contributed by atoms with Gasteiger partial charge in [0.2, 0.25) is 5.91 Å². The minimum absolute atomic E-state index is 0.0322. The molecule has 9 heteroatoms. The highest BCUT2D eigenvalue weighted by atomic mass is 16.5. The summed E-state index contributed by atoms with van der Waals surface area (Å²) in [7, 11) is 3.41. The normalized spacial score (nSPS) is 24.2. The summed E-state index contributed by atoms with van der Waals surface area (Å²) >= 11 is 0. The standard InChI is InChI=1S/C33H47N3O6/c1-24-7-4-5-15-36(24)32(37)23-42-31-21-34-20-30(33(31)26-9-11-27(39-3)12-10-26)41-22-25-8-13-29-28(19-25)35(16-18-40-29)14-6-17-38-2/h8-13,19,24,30-31,33-34H,4-7,14-18,20-23H2,1-3H3/t24-,30+,31-,33?/m1/s1. The van der Waals surface area contributed by atoms with Gasteiger partial charge in [-0.25, -0.2) is 0 Å². The second-order valence-corrected chi connectivity index (χ2v) is 11.6. The van der Waals surface area contributed by atoms with Crippen LogP contribution in [0, 0.1) is 0 Å². The SMILES string of the molecule is COCCCN1CCOc2ccc(CO[C@H]3CNC[C@@H](OCC(=O)N4CCCC[C@H]4C)C3c3ccc(OC)cc3)cc21. The number of nitrogens with one attached hydrogen (secondary N) is 1. The summed E-state index contributed by atoms with van der Waals surface area (Å²) in [5, 5.41) is 3.50. The Morgan fingerprint density at radius 1 is 1.02 bits per heavy atom. The number of carbonyl (C=O) groups is 1. The molecule has 0 aromatic heterocycles. The number of anilines is 1. The van der Waals surface area contributed by atoms with Crippen LogP contribution < -0.4 is 19.7 Å². The van der Waals surface area contributed by atoms with Crippen LogP contribution in [0.3, 0.4) is 0 Å². The molecule has 42 heavy (non-hydrogen) atoms. The maximum absolute atomic E-state index is 13.1. The number of hydrogen-bond acceptors (Lipinski definition) is 8. The van der Waals surface area contributed by atoms with Crippen molar-refractivity contribution in [1.82, 2.24) is 10.2 Å². The van der Waals surface area contributed by atoms with Gasteiger partial charge in [0.15, 0.2) is 0 Å². The molecule has 0 saturated carbocycles. The maximum Gasteiger partial charge on any atom is 0.248 e. The Kier molecular flexibility index (Phi) is 11.0. The van der Waals surface area contributed by atoms with E-state index in [1.165, 1.54) is 6.42 Å². The van der Waals surface area contributed by atoms with Crippen LogP contribution in [0.15, 0.2) is 42.5 Å². The molecule has 9 nitrogen and oxygen atoms in total. The third-order valence-electron chi connectivity index (χ3n) is 8.76. The Bertz CT molecular complexity index is 1150. The first kappa shape index (κ1) is 30.6. The van der Waals surface area contributed by atoms with Crippen LogP contribution in [0.4, 0.5) is 5.69 Å². The molecule has 230 valence electrons. The average molecular weight is 582 g/mol. The number of rotatable bonds is 12. The van der Waals surface area contributed by atoms with Crippen LogP contribution >= 0.6 is 0 Å². The second kappa shape index (κ2) is 15.0. The predicted molar refractivity (Wildman–Crippen MR) is 163 cm³/mol. The zero-order valence-electron chi connectivity index (χ0n) is 25.4. The van der Waals surface area contributed by atoms with Gasteiger partial charge in [-0.2, -0.15) is 0 Å². The van der Waals surface area contributed by atoms with Crippen molar-refractivity contribution >= 4 is 11.6 Å². The van der Waals surface area contributed by atoms with Gasteiger partial charge in [-0.3, -0.25) is 4.79 Å². The zero-order chi connectivity index (χ0) is 29.3. The molecular formula is C33H47N3O6. The topological polar surface area (TPSA) is 81.7 Å². The van der Waals surface area contributed by atoms with E-state index < -0.39 is 0 Å². The van der Waals surface area contributed by atoms with E-state index in [9.17, 15) is 4.79 Å². The van der Waals surface area contributed by atoms with E-state index in [1.807, 2.05) is 17.0 Å². The van der Waals surface area contributed by atoms with Crippen molar-refractivity contribution in [2.45, 2.75) is 63.4 Å². The van der Waals surface area contributed by atoms with E-state index in [1.54, 1.807) is 14.2 Å². The van der Waals surface area contributed by atoms with Gasteiger partial charge in [-0.05, 0) is 68.0 Å². The summed E-state index contributed by atoms with van der Waals surface area (Å²) < 4.78 is 29.6. The molecule has 0 radical (unpaired) electrons. The highest BCUT2D eigenvalue weighted by Gasteiger charge is 2.37. The van der Waals surface area contributed by atoms with Crippen LogP contribution in [-0.4, -0.2) is 95.8 Å². The molecule has 2 aromatic carbocycles. The van der Waals surface area contributed by atoms with Crippen molar-refractivity contribution in [2.24, 2.45) is 0 Å². The van der Waals surface area contributed by atoms with E-state index in [4.69, 9.17) is 23.7 Å². The van der Waals surface area contributed by atoms with Crippen molar-refractivity contribution in [3.05, 3.63) is 53.6 Å². The highest BCUT2D eigenvalue weighted by Crippen LogP contribution is 2.35. The predicted octanol–water partition coefficient (Wildman–Crippen LogP) is 3.99. The highest BCUT2D eigenvalue weighted by molar-refractivity contribution is 5.77. The summed E-state index contributed by atoms with van der Waals surface area (Å²) in [5.74, 6) is 1.77. The van der Waals surface area contributed by atoms with Crippen LogP contribution in [0.1, 0.15) is 49.7 Å². The zero-order valence-corrected chi connectivity index (χ0v) is 25.4. The minimum Gasteiger partial charge on any atom is -0.497 e. The molecule has 2 aromatic rings. The van der Waals surface area contributed by atoms with Crippen molar-refractivity contribution in [2.75, 3.05) is 71.7 Å². The molecule has 0 spiro atoms. The van der Waals surface area contributed by atoms with Crippen molar-refractivity contribution in [3.63, 3.8) is 0 Å². The van der Waals surface area contributed by atoms with Gasteiger partial charge in [0, 0.05) is 51.9 Å². The molecule has 1 unspecified atom stereocenters. The molecular weight excluding hydrogens is 534 g/mol. The van der Waals surface area contributed by atoms with Crippen LogP contribution in [0.5, 0.6) is 11.5 Å². The lowest BCUT2D eigenvalue weighted by Gasteiger charge is -2.39. The van der Waals surface area contributed by atoms with Crippen LogP contribution in [-0.2, 0) is 25.6 Å². The summed E-state index contributed by atoms with van der Waals surface area (Å²) in [5.41, 5.74) is 3.33. The smallest absolute Gasteiger partial charge is 0.248 e. The molecule has 3 heterocycles. The van der Waals surface area contributed by atoms with Crippen molar-refractivity contribution in [1.29, 1.82) is 0 Å². The number of fused-ring (bicyclic) bond motifs is 1. The maximum atomic E-state index is 13.1. The fourth-order valence-electron chi connectivity index (χ4n) is 6.42. The summed E-state index contributed by atoms with van der Waals surface area (Å²) in [4.78, 5) is 17.5. The first-order valence-electron chi connectivity index (χ1n) is 15.4. The molecule has 3 aliphatic heterocycles. The van der Waals surface area contributed by atoms with Gasteiger partial charge in [0.05, 0.1) is 38.2 Å². The Labute approximate surface area is 250 Å². The lowest BCUT2D eigenvalue weighted by atomic mass is 9.85. The number of amides is 1. The number of hydrogen-bond donors (Lipinski definition) is 1. The number of ether oxygens (including phenoxy) is 5. The van der Waals surface area contributed by atoms with E-state index in [-0.39, 0.29) is 36.7 Å². The molecule has 5 rings (SSSR count). The Morgan fingerprint density at radius 2 is 1.83 bits per heavy atom. The first-order chi connectivity index (χ1) is 20.6. The molecule has 4 atom stereocenters. The van der Waals surface area contributed by atoms with E-state index >= 15 is 0 Å². The van der Waals surface area contributed by atoms with Crippen molar-refractivity contribution < 1.29 is 28.5 Å². The van der Waals surface area contributed by atoms with Crippen LogP contribution in [0.25, 0.3) is 0 Å². The fourth-order valence-corrected chi connectivity index (χ4v) is 6.42. The number of nitrogens with zero attached hydrogens (tertiary/aromatic N) is 2. The monoisotopic (exact) mass is 581 g/mol. The summed E-state index contributed by atoms with van der Waals surface area (Å²) in [6.07, 6.45) is 3.93. The van der Waals surface area contributed by atoms with E-state index in [0.29, 0.717) is 26.3 Å².